The summed E-state index contributed by atoms with van der Waals surface area (Å²) in [6, 6.07) is 15.5. The molecule has 0 saturated heterocycles. The van der Waals surface area contributed by atoms with Crippen LogP contribution in [-0.2, 0) is 13.5 Å². The molecule has 0 amide bonds. The highest BCUT2D eigenvalue weighted by molar-refractivity contribution is 5.93. The number of hydrogen-bond acceptors (Lipinski definition) is 5. The molecule has 5 aromatic rings. The standard InChI is InChI=1S/C23H22N6O/c1-29-12-9-17-20(3-2-4-21(17)29)27-22-8-11-25-23(28-22)24-10-7-15-14-26-19-6-5-16(30)13-18(15)19/h2-6,8-9,11-14,26,30H,7,10H2,1H3,(H2,24,25,27,28). The Morgan fingerprint density at radius 2 is 2.03 bits per heavy atom. The van der Waals surface area contributed by atoms with Crippen molar-refractivity contribution >= 4 is 39.3 Å². The van der Waals surface area contributed by atoms with E-state index in [0.717, 1.165) is 45.3 Å². The molecule has 30 heavy (non-hydrogen) atoms. The first-order chi connectivity index (χ1) is 14.7. The number of aryl methyl sites for hydroxylation is 1. The third-order valence-electron chi connectivity index (χ3n) is 5.27. The van der Waals surface area contributed by atoms with E-state index in [4.69, 9.17) is 0 Å². The van der Waals surface area contributed by atoms with Gasteiger partial charge in [0.25, 0.3) is 0 Å². The van der Waals surface area contributed by atoms with Crippen molar-refractivity contribution in [3.05, 3.63) is 72.7 Å². The Labute approximate surface area is 173 Å². The Bertz CT molecular complexity index is 1340. The number of aromatic amines is 1. The lowest BCUT2D eigenvalue weighted by Gasteiger charge is -2.10. The van der Waals surface area contributed by atoms with Crippen LogP contribution in [0, 0.1) is 0 Å². The number of anilines is 3. The molecule has 0 unspecified atom stereocenters. The molecule has 150 valence electrons. The van der Waals surface area contributed by atoms with Gasteiger partial charge in [-0.3, -0.25) is 0 Å². The van der Waals surface area contributed by atoms with Gasteiger partial charge in [0, 0.05) is 59.7 Å². The third-order valence-corrected chi connectivity index (χ3v) is 5.27. The predicted octanol–water partition coefficient (Wildman–Crippen LogP) is 4.55. The van der Waals surface area contributed by atoms with Crippen molar-refractivity contribution in [3.8, 4) is 5.75 Å². The van der Waals surface area contributed by atoms with Crippen molar-refractivity contribution in [2.75, 3.05) is 17.2 Å². The van der Waals surface area contributed by atoms with Crippen LogP contribution in [-0.4, -0.2) is 31.2 Å². The van der Waals surface area contributed by atoms with Gasteiger partial charge in [0.05, 0.1) is 0 Å². The summed E-state index contributed by atoms with van der Waals surface area (Å²) in [5, 5.41) is 18.6. The molecule has 0 bridgehead atoms. The van der Waals surface area contributed by atoms with Crippen LogP contribution in [0.5, 0.6) is 5.75 Å². The van der Waals surface area contributed by atoms with E-state index >= 15 is 0 Å². The van der Waals surface area contributed by atoms with E-state index in [0.29, 0.717) is 12.5 Å². The number of phenolic OH excluding ortho intramolecular Hbond substituents is 1. The lowest BCUT2D eigenvalue weighted by Crippen LogP contribution is -2.08. The smallest absolute Gasteiger partial charge is 0.224 e. The predicted molar refractivity (Wildman–Crippen MR) is 120 cm³/mol. The first kappa shape index (κ1) is 18.1. The highest BCUT2D eigenvalue weighted by Gasteiger charge is 2.07. The van der Waals surface area contributed by atoms with Gasteiger partial charge in [-0.2, -0.15) is 4.98 Å². The van der Waals surface area contributed by atoms with Gasteiger partial charge in [-0.1, -0.05) is 6.07 Å². The molecule has 7 heteroatoms. The summed E-state index contributed by atoms with van der Waals surface area (Å²) in [6.45, 7) is 0.681. The van der Waals surface area contributed by atoms with Gasteiger partial charge in [0.2, 0.25) is 5.95 Å². The van der Waals surface area contributed by atoms with Crippen molar-refractivity contribution in [1.82, 2.24) is 19.5 Å². The van der Waals surface area contributed by atoms with Gasteiger partial charge in [-0.15, -0.1) is 0 Å². The molecule has 0 spiro atoms. The van der Waals surface area contributed by atoms with Gasteiger partial charge in [-0.25, -0.2) is 4.98 Å². The number of aromatic hydroxyl groups is 1. The highest BCUT2D eigenvalue weighted by Crippen LogP contribution is 2.26. The Kier molecular flexibility index (Phi) is 4.48. The minimum Gasteiger partial charge on any atom is -0.508 e. The largest absolute Gasteiger partial charge is 0.508 e. The number of nitrogens with one attached hydrogen (secondary N) is 3. The second kappa shape index (κ2) is 7.44. The van der Waals surface area contributed by atoms with Gasteiger partial charge >= 0.3 is 0 Å². The van der Waals surface area contributed by atoms with Crippen LogP contribution in [0.1, 0.15) is 5.56 Å². The molecule has 0 radical (unpaired) electrons. The van der Waals surface area contributed by atoms with Crippen LogP contribution in [0.15, 0.2) is 67.1 Å². The highest BCUT2D eigenvalue weighted by atomic mass is 16.3. The van der Waals surface area contributed by atoms with Gasteiger partial charge in [0.1, 0.15) is 11.6 Å². The Hall–Kier alpha value is -4.00. The molecule has 0 aliphatic rings. The van der Waals surface area contributed by atoms with Crippen molar-refractivity contribution in [3.63, 3.8) is 0 Å². The summed E-state index contributed by atoms with van der Waals surface area (Å²) in [5.41, 5.74) is 4.33. The van der Waals surface area contributed by atoms with Crippen LogP contribution in [0.4, 0.5) is 17.5 Å². The molecule has 2 aromatic carbocycles. The normalized spacial score (nSPS) is 11.2. The molecule has 3 heterocycles. The molecular weight excluding hydrogens is 376 g/mol. The first-order valence-electron chi connectivity index (χ1n) is 9.84. The molecule has 5 rings (SSSR count). The van der Waals surface area contributed by atoms with Crippen molar-refractivity contribution < 1.29 is 5.11 Å². The molecule has 0 atom stereocenters. The van der Waals surface area contributed by atoms with E-state index in [1.54, 1.807) is 18.3 Å². The number of nitrogens with zero attached hydrogens (tertiary/aromatic N) is 3. The Morgan fingerprint density at radius 3 is 2.97 bits per heavy atom. The minimum atomic E-state index is 0.270. The number of fused-ring (bicyclic) bond motifs is 2. The molecule has 0 saturated carbocycles. The third kappa shape index (κ3) is 3.41. The van der Waals surface area contributed by atoms with Crippen molar-refractivity contribution in [2.45, 2.75) is 6.42 Å². The summed E-state index contributed by atoms with van der Waals surface area (Å²) < 4.78 is 2.10. The lowest BCUT2D eigenvalue weighted by molar-refractivity contribution is 0.476. The van der Waals surface area contributed by atoms with Crippen LogP contribution in [0.3, 0.4) is 0 Å². The van der Waals surface area contributed by atoms with Crippen molar-refractivity contribution in [2.24, 2.45) is 7.05 Å². The fraction of sp³-hybridized carbons (Fsp3) is 0.130. The summed E-state index contributed by atoms with van der Waals surface area (Å²) in [7, 11) is 2.04. The van der Waals surface area contributed by atoms with E-state index in [1.807, 2.05) is 43.7 Å². The first-order valence-corrected chi connectivity index (χ1v) is 9.84. The molecule has 3 aromatic heterocycles. The van der Waals surface area contributed by atoms with Crippen LogP contribution in [0.25, 0.3) is 21.8 Å². The Balaban J connectivity index is 1.28. The molecule has 0 aliphatic carbocycles. The fourth-order valence-electron chi connectivity index (χ4n) is 3.75. The maximum absolute atomic E-state index is 9.74. The number of phenols is 1. The van der Waals surface area contributed by atoms with Gasteiger partial charge in [-0.05, 0) is 54.4 Å². The Morgan fingerprint density at radius 1 is 1.10 bits per heavy atom. The van der Waals surface area contributed by atoms with E-state index in [2.05, 4.69) is 42.3 Å². The number of H-pyrrole nitrogens is 1. The molecule has 7 nitrogen and oxygen atoms in total. The number of hydrogen-bond donors (Lipinski definition) is 4. The van der Waals surface area contributed by atoms with Gasteiger partial charge in [0.15, 0.2) is 0 Å². The quantitative estimate of drug-likeness (QED) is 0.337. The van der Waals surface area contributed by atoms with E-state index in [1.165, 1.54) is 0 Å². The number of benzene rings is 2. The van der Waals surface area contributed by atoms with E-state index < -0.39 is 0 Å². The van der Waals surface area contributed by atoms with Crippen LogP contribution >= 0.6 is 0 Å². The van der Waals surface area contributed by atoms with Crippen LogP contribution < -0.4 is 10.6 Å². The second-order valence-corrected chi connectivity index (χ2v) is 7.28. The number of rotatable bonds is 6. The SMILES string of the molecule is Cn1ccc2c(Nc3ccnc(NCCc4c[nH]c5ccc(O)cc45)n3)cccc21. The molecular formula is C23H22N6O. The topological polar surface area (TPSA) is 90.8 Å². The van der Waals surface area contributed by atoms with Crippen LogP contribution in [0.2, 0.25) is 0 Å². The summed E-state index contributed by atoms with van der Waals surface area (Å²) in [4.78, 5) is 12.2. The zero-order valence-electron chi connectivity index (χ0n) is 16.6. The minimum absolute atomic E-state index is 0.270. The fourth-order valence-corrected chi connectivity index (χ4v) is 3.75. The summed E-state index contributed by atoms with van der Waals surface area (Å²) in [5.74, 6) is 1.58. The molecule has 0 aliphatic heterocycles. The van der Waals surface area contributed by atoms with E-state index in [9.17, 15) is 5.11 Å². The number of aromatic nitrogens is 4. The summed E-state index contributed by atoms with van der Waals surface area (Å²) >= 11 is 0. The van der Waals surface area contributed by atoms with Gasteiger partial charge < -0.3 is 25.3 Å². The lowest BCUT2D eigenvalue weighted by atomic mass is 10.1. The monoisotopic (exact) mass is 398 g/mol. The zero-order chi connectivity index (χ0) is 20.5. The second-order valence-electron chi connectivity index (χ2n) is 7.28. The average Bonchev–Trinajstić information content (AvgIpc) is 3.33. The maximum Gasteiger partial charge on any atom is 0.224 e. The summed E-state index contributed by atoms with van der Waals surface area (Å²) in [6.07, 6.45) is 6.55. The zero-order valence-corrected chi connectivity index (χ0v) is 16.6. The van der Waals surface area contributed by atoms with E-state index in [-0.39, 0.29) is 5.75 Å². The maximum atomic E-state index is 9.74. The molecule has 0 fully saturated rings. The van der Waals surface area contributed by atoms with Crippen molar-refractivity contribution in [1.29, 1.82) is 0 Å². The average molecular weight is 398 g/mol. The molecule has 4 N–H and O–H groups in total.